The number of nitrogens with zero attached hydrogens (tertiary/aromatic N) is 1. The Morgan fingerprint density at radius 2 is 2.09 bits per heavy atom. The first kappa shape index (κ1) is 16.7. The number of carbonyl (C=O) groups is 1. The number of ether oxygens (including phenoxy) is 2. The molecule has 2 aliphatic heterocycles. The number of hydrogen-bond donors (Lipinski definition) is 1. The third-order valence-corrected chi connectivity index (χ3v) is 4.73. The van der Waals surface area contributed by atoms with Crippen molar-refractivity contribution >= 4 is 29.3 Å². The summed E-state index contributed by atoms with van der Waals surface area (Å²) in [5, 5.41) is 10.5. The minimum Gasteiger partial charge on any atom is -0.505 e. The van der Waals surface area contributed by atoms with Crippen LogP contribution in [0.2, 0.25) is 10.0 Å². The Hall–Kier alpha value is -1.17. The van der Waals surface area contributed by atoms with Gasteiger partial charge in [0.15, 0.2) is 5.75 Å². The van der Waals surface area contributed by atoms with E-state index in [1.807, 2.05) is 20.8 Å². The fourth-order valence-electron chi connectivity index (χ4n) is 3.09. The van der Waals surface area contributed by atoms with E-state index < -0.39 is 5.60 Å². The number of phenolic OH excluding ortho intramolecular Hbond substituents is 1. The number of benzene rings is 1. The summed E-state index contributed by atoms with van der Waals surface area (Å²) in [6, 6.07) is 1.67. The second-order valence-electron chi connectivity index (χ2n) is 6.94. The number of aromatic hydroxyl groups is 1. The highest BCUT2D eigenvalue weighted by atomic mass is 35.5. The van der Waals surface area contributed by atoms with Crippen molar-refractivity contribution in [1.82, 2.24) is 4.90 Å². The number of likely N-dealkylation sites (tertiary alicyclic amines) is 1. The fraction of sp³-hybridized carbons (Fsp3) is 0.562. The van der Waals surface area contributed by atoms with E-state index in [1.165, 1.54) is 0 Å². The van der Waals surface area contributed by atoms with Crippen molar-refractivity contribution in [3.05, 3.63) is 27.2 Å². The molecular formula is C16H19Cl2NO4. The molecule has 1 aromatic carbocycles. The van der Waals surface area contributed by atoms with Crippen LogP contribution in [0.15, 0.2) is 6.07 Å². The van der Waals surface area contributed by atoms with E-state index in [2.05, 4.69) is 0 Å². The Bertz CT molecular complexity index is 656. The maximum atomic E-state index is 12.3. The van der Waals surface area contributed by atoms with Gasteiger partial charge in [0.2, 0.25) is 0 Å². The molecule has 0 spiro atoms. The monoisotopic (exact) mass is 359 g/mol. The zero-order valence-corrected chi connectivity index (χ0v) is 14.7. The first-order valence-electron chi connectivity index (χ1n) is 7.46. The van der Waals surface area contributed by atoms with E-state index in [9.17, 15) is 9.90 Å². The number of carbonyl (C=O) groups excluding carboxylic acids is 1. The molecule has 0 bridgehead atoms. The van der Waals surface area contributed by atoms with Crippen LogP contribution in [-0.4, -0.2) is 40.9 Å². The Morgan fingerprint density at radius 1 is 1.39 bits per heavy atom. The predicted octanol–water partition coefficient (Wildman–Crippen LogP) is 3.93. The quantitative estimate of drug-likeness (QED) is 0.762. The maximum absolute atomic E-state index is 12.3. The van der Waals surface area contributed by atoms with Gasteiger partial charge in [0.1, 0.15) is 5.60 Å². The highest BCUT2D eigenvalue weighted by Gasteiger charge is 2.43. The minimum absolute atomic E-state index is 0.0954. The molecule has 7 heteroatoms. The smallest absolute Gasteiger partial charge is 0.410 e. The number of hydrogen-bond acceptors (Lipinski definition) is 4. The van der Waals surface area contributed by atoms with Gasteiger partial charge in [-0.05, 0) is 38.0 Å². The summed E-state index contributed by atoms with van der Waals surface area (Å²) in [6.07, 6.45) is -0.528. The van der Waals surface area contributed by atoms with Crippen LogP contribution >= 0.6 is 23.2 Å². The lowest BCUT2D eigenvalue weighted by atomic mass is 9.89. The third-order valence-electron chi connectivity index (χ3n) is 4.06. The molecule has 1 fully saturated rings. The first-order chi connectivity index (χ1) is 10.7. The van der Waals surface area contributed by atoms with Crippen molar-refractivity contribution in [2.45, 2.75) is 45.0 Å². The van der Waals surface area contributed by atoms with Crippen molar-refractivity contribution in [1.29, 1.82) is 0 Å². The topological polar surface area (TPSA) is 59.0 Å². The van der Waals surface area contributed by atoms with Crippen LogP contribution in [-0.2, 0) is 16.1 Å². The molecule has 1 unspecified atom stereocenters. The molecule has 0 radical (unpaired) electrons. The lowest BCUT2D eigenvalue weighted by Gasteiger charge is -2.29. The number of amides is 1. The van der Waals surface area contributed by atoms with Crippen LogP contribution < -0.4 is 0 Å². The zero-order valence-electron chi connectivity index (χ0n) is 13.2. The largest absolute Gasteiger partial charge is 0.505 e. The molecular weight excluding hydrogens is 341 g/mol. The summed E-state index contributed by atoms with van der Waals surface area (Å²) in [6.45, 7) is 6.73. The Morgan fingerprint density at radius 3 is 2.74 bits per heavy atom. The number of fused-ring (bicyclic) bond motifs is 3. The molecule has 1 saturated heterocycles. The summed E-state index contributed by atoms with van der Waals surface area (Å²) in [7, 11) is 0. The van der Waals surface area contributed by atoms with E-state index in [0.717, 1.165) is 11.1 Å². The van der Waals surface area contributed by atoms with Crippen molar-refractivity contribution < 1.29 is 19.4 Å². The molecule has 126 valence electrons. The van der Waals surface area contributed by atoms with E-state index >= 15 is 0 Å². The van der Waals surface area contributed by atoms with Gasteiger partial charge in [-0.25, -0.2) is 4.79 Å². The highest BCUT2D eigenvalue weighted by Crippen LogP contribution is 2.46. The molecule has 1 aromatic rings. The molecule has 0 aliphatic carbocycles. The molecule has 3 rings (SSSR count). The summed E-state index contributed by atoms with van der Waals surface area (Å²) in [5.41, 5.74) is 1.12. The van der Waals surface area contributed by atoms with E-state index in [4.69, 9.17) is 32.7 Å². The maximum Gasteiger partial charge on any atom is 0.410 e. The summed E-state index contributed by atoms with van der Waals surface area (Å²) in [5.74, 6) is -0.217. The van der Waals surface area contributed by atoms with Crippen molar-refractivity contribution in [2.24, 2.45) is 0 Å². The molecule has 2 atom stereocenters. The van der Waals surface area contributed by atoms with Gasteiger partial charge in [-0.3, -0.25) is 0 Å². The third kappa shape index (κ3) is 3.10. The normalized spacial score (nSPS) is 23.4. The van der Waals surface area contributed by atoms with Gasteiger partial charge >= 0.3 is 6.09 Å². The second-order valence-corrected chi connectivity index (χ2v) is 7.72. The number of rotatable bonds is 0. The predicted molar refractivity (Wildman–Crippen MR) is 87.3 cm³/mol. The van der Waals surface area contributed by atoms with Crippen LogP contribution in [0.4, 0.5) is 4.79 Å². The molecule has 0 aromatic heterocycles. The van der Waals surface area contributed by atoms with Gasteiger partial charge in [-0.15, -0.1) is 0 Å². The first-order valence-corrected chi connectivity index (χ1v) is 8.22. The fourth-order valence-corrected chi connectivity index (χ4v) is 3.72. The van der Waals surface area contributed by atoms with E-state index in [0.29, 0.717) is 19.7 Å². The van der Waals surface area contributed by atoms with Crippen LogP contribution in [0.3, 0.4) is 0 Å². The minimum atomic E-state index is -0.549. The van der Waals surface area contributed by atoms with Crippen LogP contribution in [0.5, 0.6) is 5.75 Å². The Kier molecular flexibility index (Phi) is 4.15. The summed E-state index contributed by atoms with van der Waals surface area (Å²) < 4.78 is 11.3. The van der Waals surface area contributed by atoms with Gasteiger partial charge in [0, 0.05) is 12.5 Å². The number of halogens is 2. The van der Waals surface area contributed by atoms with Gasteiger partial charge < -0.3 is 19.5 Å². The van der Waals surface area contributed by atoms with Gasteiger partial charge in [-0.1, -0.05) is 23.2 Å². The molecule has 2 heterocycles. The molecule has 0 saturated carbocycles. The highest BCUT2D eigenvalue weighted by molar-refractivity contribution is 6.37. The summed E-state index contributed by atoms with van der Waals surface area (Å²) >= 11 is 12.3. The van der Waals surface area contributed by atoms with E-state index in [-0.39, 0.29) is 33.9 Å². The van der Waals surface area contributed by atoms with Gasteiger partial charge in [-0.2, -0.15) is 0 Å². The average Bonchev–Trinajstić information content (AvgIpc) is 2.86. The standard InChI is InChI=1S/C16H19Cl2NO4/c1-16(2,3)23-15(21)19-5-9-11(6-19)22-7-8-4-10(17)14(20)13(18)12(8)9/h4,9,11,20H,5-7H2,1-3H3/t9-,11?/m1/s1. The SMILES string of the molecule is CC(C)(C)OC(=O)N1CC2OCc3cc(Cl)c(O)c(Cl)c3[C@@H]2C1. The molecule has 5 nitrogen and oxygen atoms in total. The number of phenols is 1. The van der Waals surface area contributed by atoms with E-state index in [1.54, 1.807) is 11.0 Å². The lowest BCUT2D eigenvalue weighted by Crippen LogP contribution is -2.36. The van der Waals surface area contributed by atoms with Crippen molar-refractivity contribution in [3.8, 4) is 5.75 Å². The summed E-state index contributed by atoms with van der Waals surface area (Å²) in [4.78, 5) is 13.9. The van der Waals surface area contributed by atoms with Crippen molar-refractivity contribution in [3.63, 3.8) is 0 Å². The average molecular weight is 360 g/mol. The zero-order chi connectivity index (χ0) is 16.9. The van der Waals surface area contributed by atoms with Crippen LogP contribution in [0.25, 0.3) is 0 Å². The van der Waals surface area contributed by atoms with Gasteiger partial charge in [0.05, 0.1) is 29.3 Å². The second kappa shape index (κ2) is 5.72. The van der Waals surface area contributed by atoms with Crippen molar-refractivity contribution in [2.75, 3.05) is 13.1 Å². The molecule has 1 N–H and O–H groups in total. The van der Waals surface area contributed by atoms with Crippen LogP contribution in [0, 0.1) is 0 Å². The molecule has 23 heavy (non-hydrogen) atoms. The molecule has 1 amide bonds. The molecule has 2 aliphatic rings. The lowest BCUT2D eigenvalue weighted by molar-refractivity contribution is 0.0126. The Labute approximate surface area is 145 Å². The van der Waals surface area contributed by atoms with Crippen LogP contribution in [0.1, 0.15) is 37.8 Å². The Balaban J connectivity index is 1.87. The van der Waals surface area contributed by atoms with Gasteiger partial charge in [0.25, 0.3) is 0 Å².